The Balaban J connectivity index is 0.00000225. The van der Waals surface area contributed by atoms with Crippen molar-refractivity contribution in [2.45, 2.75) is 0 Å². The highest BCUT2D eigenvalue weighted by molar-refractivity contribution is 5.93. The molecule has 1 heterocycles. The van der Waals surface area contributed by atoms with Gasteiger partial charge in [0.2, 0.25) is 0 Å². The van der Waals surface area contributed by atoms with Gasteiger partial charge in [-0.3, -0.25) is 0 Å². The fraction of sp³-hybridized carbons (Fsp3) is 0.0455. The molecule has 1 aromatic heterocycles. The van der Waals surface area contributed by atoms with Gasteiger partial charge in [0, 0.05) is 16.6 Å². The monoisotopic (exact) mass is 390 g/mol. The maximum atomic E-state index is 11.6. The van der Waals surface area contributed by atoms with Crippen LogP contribution in [0.4, 0.5) is 11.5 Å². The van der Waals surface area contributed by atoms with Crippen LogP contribution in [0.15, 0.2) is 78.9 Å². The molecule has 6 heteroatoms. The lowest BCUT2D eigenvalue weighted by atomic mass is 10.1. The van der Waals surface area contributed by atoms with Crippen LogP contribution in [0.2, 0.25) is 0 Å². The Kier molecular flexibility index (Phi) is 5.87. The number of hydrogen-bond acceptors (Lipinski definition) is 5. The largest absolute Gasteiger partial charge is 1.00 e. The molecule has 0 aliphatic rings. The summed E-state index contributed by atoms with van der Waals surface area (Å²) in [4.78, 5) is 21.0. The number of methoxy groups -OCH3 is 1. The summed E-state index contributed by atoms with van der Waals surface area (Å²) in [5.41, 5.74) is 3.14. The van der Waals surface area contributed by atoms with Gasteiger partial charge in [0.05, 0.1) is 18.2 Å². The van der Waals surface area contributed by atoms with Crippen LogP contribution in [0, 0.1) is 0 Å². The lowest BCUT2D eigenvalue weighted by Crippen LogP contribution is -3.00. The Hall–Kier alpha value is -3.44. The molecular formula is C22H17ClN3O2-. The first-order chi connectivity index (χ1) is 13.2. The Morgan fingerprint density at radius 1 is 0.857 bits per heavy atom. The lowest BCUT2D eigenvalue weighted by Gasteiger charge is -2.11. The van der Waals surface area contributed by atoms with Gasteiger partial charge in [-0.1, -0.05) is 42.5 Å². The van der Waals surface area contributed by atoms with Crippen molar-refractivity contribution in [3.8, 4) is 11.4 Å². The predicted octanol–water partition coefficient (Wildman–Crippen LogP) is 1.83. The van der Waals surface area contributed by atoms with Gasteiger partial charge >= 0.3 is 5.97 Å². The summed E-state index contributed by atoms with van der Waals surface area (Å²) in [6.07, 6.45) is 0. The molecule has 4 rings (SSSR count). The summed E-state index contributed by atoms with van der Waals surface area (Å²) in [5, 5.41) is 4.26. The van der Waals surface area contributed by atoms with Gasteiger partial charge in [-0.25, -0.2) is 14.8 Å². The zero-order valence-electron chi connectivity index (χ0n) is 15.1. The lowest BCUT2D eigenvalue weighted by molar-refractivity contribution is -0.0000200. The molecule has 4 aromatic rings. The Bertz CT molecular complexity index is 1100. The van der Waals surface area contributed by atoms with Crippen molar-refractivity contribution in [1.82, 2.24) is 9.97 Å². The minimum absolute atomic E-state index is 0. The number of nitrogens with one attached hydrogen (secondary N) is 1. The molecule has 0 aliphatic carbocycles. The number of aromatic nitrogens is 2. The summed E-state index contributed by atoms with van der Waals surface area (Å²) in [5.74, 6) is 1.01. The topological polar surface area (TPSA) is 64.1 Å². The molecule has 5 nitrogen and oxygen atoms in total. The molecule has 28 heavy (non-hydrogen) atoms. The normalized spacial score (nSPS) is 10.2. The summed E-state index contributed by atoms with van der Waals surface area (Å²) >= 11 is 0. The van der Waals surface area contributed by atoms with Crippen LogP contribution in [0.5, 0.6) is 0 Å². The number of benzene rings is 3. The number of anilines is 2. The SMILES string of the molecule is COC(=O)c1ccc(Nc2nc(-c3ccccc3)nc3ccccc23)cc1.[Cl-]. The van der Waals surface area contributed by atoms with E-state index in [1.54, 1.807) is 12.1 Å². The van der Waals surface area contributed by atoms with E-state index in [1.807, 2.05) is 66.7 Å². The van der Waals surface area contributed by atoms with Crippen LogP contribution >= 0.6 is 0 Å². The second-order valence-corrected chi connectivity index (χ2v) is 5.97. The molecule has 0 bridgehead atoms. The fourth-order valence-corrected chi connectivity index (χ4v) is 2.83. The minimum Gasteiger partial charge on any atom is -1.00 e. The predicted molar refractivity (Wildman–Crippen MR) is 106 cm³/mol. The molecule has 140 valence electrons. The summed E-state index contributed by atoms with van der Waals surface area (Å²) in [6, 6.07) is 24.8. The first-order valence-corrected chi connectivity index (χ1v) is 8.52. The Morgan fingerprint density at radius 2 is 1.54 bits per heavy atom. The molecule has 0 fully saturated rings. The molecule has 0 saturated heterocycles. The van der Waals surface area contributed by atoms with E-state index in [0.717, 1.165) is 22.2 Å². The highest BCUT2D eigenvalue weighted by atomic mass is 35.5. The third-order valence-electron chi connectivity index (χ3n) is 4.20. The first-order valence-electron chi connectivity index (χ1n) is 8.52. The fourth-order valence-electron chi connectivity index (χ4n) is 2.83. The first kappa shape index (κ1) is 19.3. The zero-order valence-corrected chi connectivity index (χ0v) is 15.9. The number of halogens is 1. The van der Waals surface area contributed by atoms with Crippen LogP contribution in [-0.4, -0.2) is 23.0 Å². The van der Waals surface area contributed by atoms with Gasteiger partial charge in [0.15, 0.2) is 5.82 Å². The third kappa shape index (κ3) is 3.94. The summed E-state index contributed by atoms with van der Waals surface area (Å²) in [7, 11) is 1.37. The van der Waals surface area contributed by atoms with Crippen LogP contribution in [0.25, 0.3) is 22.3 Å². The van der Waals surface area contributed by atoms with Gasteiger partial charge < -0.3 is 22.5 Å². The van der Waals surface area contributed by atoms with Crippen LogP contribution in [0.3, 0.4) is 0 Å². The van der Waals surface area contributed by atoms with E-state index in [9.17, 15) is 4.79 Å². The molecule has 0 radical (unpaired) electrons. The van der Waals surface area contributed by atoms with Crippen molar-refractivity contribution < 1.29 is 21.9 Å². The number of carbonyl (C=O) groups excluding carboxylic acids is 1. The van der Waals surface area contributed by atoms with Crippen molar-refractivity contribution in [2.75, 3.05) is 12.4 Å². The van der Waals surface area contributed by atoms with E-state index in [1.165, 1.54) is 7.11 Å². The molecule has 0 amide bonds. The molecule has 0 atom stereocenters. The maximum Gasteiger partial charge on any atom is 0.337 e. The van der Waals surface area contributed by atoms with E-state index in [2.05, 4.69) is 10.3 Å². The highest BCUT2D eigenvalue weighted by Crippen LogP contribution is 2.27. The minimum atomic E-state index is -0.361. The number of nitrogens with zero attached hydrogens (tertiary/aromatic N) is 2. The molecular weight excluding hydrogens is 374 g/mol. The van der Waals surface area contributed by atoms with Gasteiger partial charge in [0.1, 0.15) is 5.82 Å². The van der Waals surface area contributed by atoms with Crippen molar-refractivity contribution in [3.63, 3.8) is 0 Å². The average molecular weight is 391 g/mol. The maximum absolute atomic E-state index is 11.6. The standard InChI is InChI=1S/C22H17N3O2.ClH/c1-27-22(26)16-11-13-17(14-12-16)23-21-18-9-5-6-10-19(18)24-20(25-21)15-7-3-2-4-8-15;/h2-14H,1H3,(H,23,24,25);1H/p-1. The zero-order chi connectivity index (χ0) is 18.6. The van der Waals surface area contributed by atoms with Gasteiger partial charge in [-0.2, -0.15) is 0 Å². The number of esters is 1. The molecule has 0 unspecified atom stereocenters. The Labute approximate surface area is 168 Å². The third-order valence-corrected chi connectivity index (χ3v) is 4.20. The van der Waals surface area contributed by atoms with Gasteiger partial charge in [-0.05, 0) is 36.4 Å². The smallest absolute Gasteiger partial charge is 0.337 e. The molecule has 3 aromatic carbocycles. The molecule has 0 spiro atoms. The van der Waals surface area contributed by atoms with Crippen molar-refractivity contribution in [2.24, 2.45) is 0 Å². The number of ether oxygens (including phenoxy) is 1. The average Bonchev–Trinajstić information content (AvgIpc) is 2.74. The number of carbonyl (C=O) groups is 1. The van der Waals surface area contributed by atoms with Crippen LogP contribution in [-0.2, 0) is 4.74 Å². The van der Waals surface area contributed by atoms with E-state index in [4.69, 9.17) is 9.72 Å². The van der Waals surface area contributed by atoms with Crippen molar-refractivity contribution >= 4 is 28.4 Å². The Morgan fingerprint density at radius 3 is 2.25 bits per heavy atom. The van der Waals surface area contributed by atoms with Gasteiger partial charge in [0.25, 0.3) is 0 Å². The quantitative estimate of drug-likeness (QED) is 0.539. The van der Waals surface area contributed by atoms with Gasteiger partial charge in [-0.15, -0.1) is 0 Å². The van der Waals surface area contributed by atoms with Crippen LogP contribution < -0.4 is 17.7 Å². The number of fused-ring (bicyclic) bond motifs is 1. The van der Waals surface area contributed by atoms with E-state index in [0.29, 0.717) is 17.2 Å². The molecule has 0 saturated carbocycles. The molecule has 1 N–H and O–H groups in total. The van der Waals surface area contributed by atoms with Crippen molar-refractivity contribution in [1.29, 1.82) is 0 Å². The van der Waals surface area contributed by atoms with E-state index in [-0.39, 0.29) is 18.4 Å². The second-order valence-electron chi connectivity index (χ2n) is 5.97. The van der Waals surface area contributed by atoms with E-state index < -0.39 is 0 Å². The number of hydrogen-bond donors (Lipinski definition) is 1. The van der Waals surface area contributed by atoms with Crippen molar-refractivity contribution in [3.05, 3.63) is 84.4 Å². The highest BCUT2D eigenvalue weighted by Gasteiger charge is 2.10. The number of rotatable bonds is 4. The van der Waals surface area contributed by atoms with E-state index >= 15 is 0 Å². The summed E-state index contributed by atoms with van der Waals surface area (Å²) < 4.78 is 4.74. The summed E-state index contributed by atoms with van der Waals surface area (Å²) in [6.45, 7) is 0. The second kappa shape index (κ2) is 8.50. The number of para-hydroxylation sites is 1. The van der Waals surface area contributed by atoms with Crippen LogP contribution in [0.1, 0.15) is 10.4 Å². The molecule has 0 aliphatic heterocycles.